The first-order chi connectivity index (χ1) is 13.2. The van der Waals surface area contributed by atoms with Gasteiger partial charge in [-0.15, -0.1) is 10.2 Å². The minimum Gasteiger partial charge on any atom is -0.411 e. The standard InChI is InChI=1S/C19H15BrN4O2S/c20-15-9-5-4-8-14(15)18-21-22-19(26-18)27-12-17(25)24-11-10-16(23-24)13-6-2-1-3-7-13/h1-9H,10-12H2. The summed E-state index contributed by atoms with van der Waals surface area (Å²) in [6.07, 6.45) is 0.757. The summed E-state index contributed by atoms with van der Waals surface area (Å²) >= 11 is 4.68. The van der Waals surface area contributed by atoms with Gasteiger partial charge in [0.25, 0.3) is 11.1 Å². The van der Waals surface area contributed by atoms with Gasteiger partial charge in [0.15, 0.2) is 0 Å². The predicted molar refractivity (Wildman–Crippen MR) is 107 cm³/mol. The van der Waals surface area contributed by atoms with Crippen LogP contribution in [0.3, 0.4) is 0 Å². The third-order valence-corrected chi connectivity index (χ3v) is 5.52. The fourth-order valence-corrected chi connectivity index (χ4v) is 3.77. The number of hydrazone groups is 1. The van der Waals surface area contributed by atoms with E-state index >= 15 is 0 Å². The van der Waals surface area contributed by atoms with Crippen LogP contribution in [0.5, 0.6) is 0 Å². The molecule has 0 spiro atoms. The van der Waals surface area contributed by atoms with Gasteiger partial charge in [0.1, 0.15) is 0 Å². The predicted octanol–water partition coefficient (Wildman–Crippen LogP) is 4.23. The highest BCUT2D eigenvalue weighted by atomic mass is 79.9. The maximum atomic E-state index is 12.4. The van der Waals surface area contributed by atoms with Crippen molar-refractivity contribution in [1.82, 2.24) is 15.2 Å². The van der Waals surface area contributed by atoms with Crippen molar-refractivity contribution in [1.29, 1.82) is 0 Å². The summed E-state index contributed by atoms with van der Waals surface area (Å²) in [6.45, 7) is 0.593. The van der Waals surface area contributed by atoms with Crippen molar-refractivity contribution in [3.63, 3.8) is 0 Å². The molecule has 0 saturated heterocycles. The second kappa shape index (κ2) is 8.06. The number of rotatable bonds is 5. The average molecular weight is 443 g/mol. The van der Waals surface area contributed by atoms with E-state index in [9.17, 15) is 4.79 Å². The van der Waals surface area contributed by atoms with E-state index in [-0.39, 0.29) is 11.7 Å². The van der Waals surface area contributed by atoms with Crippen LogP contribution >= 0.6 is 27.7 Å². The van der Waals surface area contributed by atoms with Crippen molar-refractivity contribution in [2.45, 2.75) is 11.6 Å². The third-order valence-electron chi connectivity index (χ3n) is 4.03. The molecule has 2 heterocycles. The lowest BCUT2D eigenvalue weighted by Gasteiger charge is -2.09. The second-order valence-electron chi connectivity index (χ2n) is 5.82. The molecule has 3 aromatic rings. The lowest BCUT2D eigenvalue weighted by molar-refractivity contribution is -0.127. The molecular formula is C19H15BrN4O2S. The highest BCUT2D eigenvalue weighted by molar-refractivity contribution is 9.10. The van der Waals surface area contributed by atoms with Gasteiger partial charge in [0.2, 0.25) is 5.89 Å². The third kappa shape index (κ3) is 4.12. The molecule has 8 heteroatoms. The maximum absolute atomic E-state index is 12.4. The zero-order valence-electron chi connectivity index (χ0n) is 14.2. The van der Waals surface area contributed by atoms with E-state index in [0.29, 0.717) is 17.7 Å². The minimum atomic E-state index is -0.0772. The van der Waals surface area contributed by atoms with Crippen molar-refractivity contribution in [2.24, 2.45) is 5.10 Å². The van der Waals surface area contributed by atoms with Crippen molar-refractivity contribution in [3.05, 3.63) is 64.6 Å². The first-order valence-electron chi connectivity index (χ1n) is 8.35. The largest absolute Gasteiger partial charge is 0.411 e. The Morgan fingerprint density at radius 3 is 2.70 bits per heavy atom. The van der Waals surface area contributed by atoms with Gasteiger partial charge in [-0.25, -0.2) is 5.01 Å². The molecule has 27 heavy (non-hydrogen) atoms. The number of hydrogen-bond donors (Lipinski definition) is 0. The van der Waals surface area contributed by atoms with Crippen LogP contribution in [0.4, 0.5) is 0 Å². The highest BCUT2D eigenvalue weighted by Crippen LogP contribution is 2.29. The van der Waals surface area contributed by atoms with Gasteiger partial charge >= 0.3 is 0 Å². The summed E-state index contributed by atoms with van der Waals surface area (Å²) in [4.78, 5) is 12.4. The summed E-state index contributed by atoms with van der Waals surface area (Å²) in [7, 11) is 0. The molecule has 136 valence electrons. The SMILES string of the molecule is O=C(CSc1nnc(-c2ccccc2Br)o1)N1CCC(c2ccccc2)=N1. The number of carbonyl (C=O) groups is 1. The van der Waals surface area contributed by atoms with E-state index < -0.39 is 0 Å². The Hall–Kier alpha value is -2.45. The summed E-state index contributed by atoms with van der Waals surface area (Å²) in [5.74, 6) is 0.540. The lowest BCUT2D eigenvalue weighted by Crippen LogP contribution is -2.25. The van der Waals surface area contributed by atoms with Crippen LogP contribution in [0.2, 0.25) is 0 Å². The fourth-order valence-electron chi connectivity index (χ4n) is 2.68. The Bertz CT molecular complexity index is 990. The molecule has 0 saturated carbocycles. The monoisotopic (exact) mass is 442 g/mol. The molecule has 0 atom stereocenters. The van der Waals surface area contributed by atoms with Gasteiger partial charge in [0.05, 0.1) is 23.6 Å². The summed E-state index contributed by atoms with van der Waals surface area (Å²) in [6, 6.07) is 17.5. The smallest absolute Gasteiger partial charge is 0.277 e. The first-order valence-corrected chi connectivity index (χ1v) is 10.1. The Morgan fingerprint density at radius 1 is 1.11 bits per heavy atom. The Labute approximate surface area is 168 Å². The van der Waals surface area contributed by atoms with Gasteiger partial charge in [-0.2, -0.15) is 5.10 Å². The van der Waals surface area contributed by atoms with Gasteiger partial charge in [-0.05, 0) is 33.6 Å². The summed E-state index contributed by atoms with van der Waals surface area (Å²) in [5, 5.41) is 14.4. The normalized spacial score (nSPS) is 13.7. The van der Waals surface area contributed by atoms with Crippen molar-refractivity contribution >= 4 is 39.3 Å². The molecule has 0 unspecified atom stereocenters. The van der Waals surface area contributed by atoms with Crippen LogP contribution in [0.15, 0.2) is 73.8 Å². The first kappa shape index (κ1) is 17.9. The summed E-state index contributed by atoms with van der Waals surface area (Å²) in [5.41, 5.74) is 2.80. The van der Waals surface area contributed by atoms with Crippen LogP contribution in [-0.2, 0) is 4.79 Å². The molecule has 0 radical (unpaired) electrons. The molecule has 1 aliphatic rings. The van der Waals surface area contributed by atoms with Gasteiger partial charge in [0, 0.05) is 10.9 Å². The number of thioether (sulfide) groups is 1. The topological polar surface area (TPSA) is 71.6 Å². The van der Waals surface area contributed by atoms with Crippen LogP contribution in [-0.4, -0.2) is 39.1 Å². The molecule has 0 N–H and O–H groups in total. The zero-order chi connectivity index (χ0) is 18.6. The quantitative estimate of drug-likeness (QED) is 0.552. The molecule has 0 bridgehead atoms. The molecule has 4 rings (SSSR count). The van der Waals surface area contributed by atoms with Crippen LogP contribution in [0.1, 0.15) is 12.0 Å². The molecule has 0 aliphatic carbocycles. The lowest BCUT2D eigenvalue weighted by atomic mass is 10.1. The van der Waals surface area contributed by atoms with Crippen LogP contribution < -0.4 is 0 Å². The Morgan fingerprint density at radius 2 is 1.89 bits per heavy atom. The molecule has 1 aromatic heterocycles. The van der Waals surface area contributed by atoms with Crippen LogP contribution in [0, 0.1) is 0 Å². The molecular weight excluding hydrogens is 428 g/mol. The van der Waals surface area contributed by atoms with E-state index in [1.807, 2.05) is 54.6 Å². The van der Waals surface area contributed by atoms with Crippen molar-refractivity contribution in [2.75, 3.05) is 12.3 Å². The number of nitrogens with zero attached hydrogens (tertiary/aromatic N) is 4. The van der Waals surface area contributed by atoms with E-state index in [0.717, 1.165) is 27.7 Å². The highest BCUT2D eigenvalue weighted by Gasteiger charge is 2.22. The van der Waals surface area contributed by atoms with E-state index in [1.54, 1.807) is 0 Å². The van der Waals surface area contributed by atoms with Crippen LogP contribution in [0.25, 0.3) is 11.5 Å². The molecule has 1 aliphatic heterocycles. The molecule has 1 amide bonds. The number of hydrogen-bond acceptors (Lipinski definition) is 6. The summed E-state index contributed by atoms with van der Waals surface area (Å²) < 4.78 is 6.53. The number of carbonyl (C=O) groups excluding carboxylic acids is 1. The molecule has 0 fully saturated rings. The second-order valence-corrected chi connectivity index (χ2v) is 7.60. The fraction of sp³-hybridized carbons (Fsp3) is 0.158. The zero-order valence-corrected chi connectivity index (χ0v) is 16.6. The number of halogens is 1. The number of aromatic nitrogens is 2. The van der Waals surface area contributed by atoms with Crippen molar-refractivity contribution < 1.29 is 9.21 Å². The van der Waals surface area contributed by atoms with Crippen molar-refractivity contribution in [3.8, 4) is 11.5 Å². The number of benzene rings is 2. The van der Waals surface area contributed by atoms with Gasteiger partial charge < -0.3 is 4.42 Å². The maximum Gasteiger partial charge on any atom is 0.277 e. The van der Waals surface area contributed by atoms with E-state index in [4.69, 9.17) is 4.42 Å². The van der Waals surface area contributed by atoms with Gasteiger partial charge in [-0.1, -0.05) is 54.2 Å². The molecule has 2 aromatic carbocycles. The van der Waals surface area contributed by atoms with Gasteiger partial charge in [-0.3, -0.25) is 4.79 Å². The Kier molecular flexibility index (Phi) is 5.35. The average Bonchev–Trinajstić information content (AvgIpc) is 3.37. The number of amides is 1. The van der Waals surface area contributed by atoms with E-state index in [2.05, 4.69) is 31.2 Å². The molecule has 6 nitrogen and oxygen atoms in total. The minimum absolute atomic E-state index is 0.0772. The van der Waals surface area contributed by atoms with E-state index in [1.165, 1.54) is 16.8 Å². The Balaban J connectivity index is 1.38.